The van der Waals surface area contributed by atoms with Gasteiger partial charge in [0.1, 0.15) is 11.5 Å². The number of phenols is 2. The summed E-state index contributed by atoms with van der Waals surface area (Å²) in [5, 5.41) is 19.7. The molecule has 0 saturated carbocycles. The van der Waals surface area contributed by atoms with Crippen molar-refractivity contribution in [2.45, 2.75) is 0 Å². The van der Waals surface area contributed by atoms with Gasteiger partial charge in [-0.3, -0.25) is 0 Å². The van der Waals surface area contributed by atoms with Crippen molar-refractivity contribution < 1.29 is 10.2 Å². The number of halogens is 3. The minimum atomic E-state index is 0.00235. The maximum atomic E-state index is 9.49. The summed E-state index contributed by atoms with van der Waals surface area (Å²) >= 11 is 17.9. The fourth-order valence-corrected chi connectivity index (χ4v) is 2.36. The van der Waals surface area contributed by atoms with Crippen LogP contribution in [0.15, 0.2) is 30.3 Å². The lowest BCUT2D eigenvalue weighted by molar-refractivity contribution is 0.475. The Kier molecular flexibility index (Phi) is 4.25. The van der Waals surface area contributed by atoms with E-state index >= 15 is 0 Å². The van der Waals surface area contributed by atoms with Gasteiger partial charge in [0.05, 0.1) is 15.1 Å². The minimum Gasteiger partial charge on any atom is -0.508 e. The highest BCUT2D eigenvalue weighted by Crippen LogP contribution is 2.33. The summed E-state index contributed by atoms with van der Waals surface area (Å²) in [6.45, 7) is 0. The largest absolute Gasteiger partial charge is 0.508 e. The van der Waals surface area contributed by atoms with Gasteiger partial charge in [-0.15, -0.1) is 0 Å². The van der Waals surface area contributed by atoms with Crippen molar-refractivity contribution >= 4 is 47.0 Å². The molecule has 0 aromatic heterocycles. The van der Waals surface area contributed by atoms with Gasteiger partial charge in [-0.1, -0.05) is 59.1 Å². The molecule has 2 nitrogen and oxygen atoms in total. The van der Waals surface area contributed by atoms with Gasteiger partial charge in [0.2, 0.25) is 0 Å². The van der Waals surface area contributed by atoms with E-state index < -0.39 is 0 Å². The van der Waals surface area contributed by atoms with E-state index in [1.54, 1.807) is 24.3 Å². The molecule has 0 radical (unpaired) electrons. The number of hydrogen-bond donors (Lipinski definition) is 2. The topological polar surface area (TPSA) is 40.5 Å². The fourth-order valence-electron chi connectivity index (χ4n) is 1.57. The molecule has 0 saturated heterocycles. The van der Waals surface area contributed by atoms with Gasteiger partial charge >= 0.3 is 0 Å². The summed E-state index contributed by atoms with van der Waals surface area (Å²) in [6.07, 6.45) is 3.36. The molecule has 0 spiro atoms. The molecule has 2 N–H and O–H groups in total. The Hall–Kier alpha value is -1.35. The molecule has 0 aliphatic heterocycles. The zero-order valence-corrected chi connectivity index (χ0v) is 11.8. The zero-order chi connectivity index (χ0) is 14.0. The van der Waals surface area contributed by atoms with Crippen molar-refractivity contribution in [2.75, 3.05) is 0 Å². The first-order chi connectivity index (χ1) is 8.99. The molecule has 19 heavy (non-hydrogen) atoms. The molecular formula is C14H9Cl3O2. The van der Waals surface area contributed by atoms with Crippen LogP contribution in [0.2, 0.25) is 15.1 Å². The second-order valence-corrected chi connectivity index (χ2v) is 5.03. The lowest BCUT2D eigenvalue weighted by Gasteiger charge is -2.04. The molecule has 0 atom stereocenters. The van der Waals surface area contributed by atoms with Crippen LogP contribution in [-0.2, 0) is 0 Å². The third-order valence-corrected chi connectivity index (χ3v) is 3.54. The minimum absolute atomic E-state index is 0.00235. The molecule has 0 heterocycles. The van der Waals surface area contributed by atoms with Crippen molar-refractivity contribution in [3.8, 4) is 11.5 Å². The van der Waals surface area contributed by atoms with E-state index in [4.69, 9.17) is 34.8 Å². The average molecular weight is 316 g/mol. The molecule has 0 amide bonds. The van der Waals surface area contributed by atoms with Crippen LogP contribution in [0.5, 0.6) is 11.5 Å². The molecule has 5 heteroatoms. The quantitative estimate of drug-likeness (QED) is 0.745. The number of benzene rings is 2. The predicted molar refractivity (Wildman–Crippen MR) is 80.2 cm³/mol. The molecule has 2 aromatic rings. The highest BCUT2D eigenvalue weighted by Gasteiger charge is 2.06. The van der Waals surface area contributed by atoms with Crippen molar-refractivity contribution in [2.24, 2.45) is 0 Å². The second-order valence-electron chi connectivity index (χ2n) is 3.84. The third kappa shape index (κ3) is 3.16. The van der Waals surface area contributed by atoms with Gasteiger partial charge in [0.25, 0.3) is 0 Å². The maximum Gasteiger partial charge on any atom is 0.134 e. The smallest absolute Gasteiger partial charge is 0.134 e. The monoisotopic (exact) mass is 314 g/mol. The first-order valence-corrected chi connectivity index (χ1v) is 6.46. The van der Waals surface area contributed by atoms with Crippen LogP contribution in [0.3, 0.4) is 0 Å². The average Bonchev–Trinajstić information content (AvgIpc) is 2.33. The van der Waals surface area contributed by atoms with Crippen LogP contribution in [0.25, 0.3) is 12.2 Å². The molecule has 2 rings (SSSR count). The van der Waals surface area contributed by atoms with E-state index in [0.717, 1.165) is 0 Å². The summed E-state index contributed by atoms with van der Waals surface area (Å²) in [5.41, 5.74) is 1.21. The SMILES string of the molecule is Oc1cc(Cl)c(/C=C\c2cccc(O)c2Cl)c(Cl)c1. The highest BCUT2D eigenvalue weighted by atomic mass is 35.5. The van der Waals surface area contributed by atoms with E-state index in [9.17, 15) is 10.2 Å². The molecule has 0 aliphatic carbocycles. The molecule has 0 fully saturated rings. The summed E-state index contributed by atoms with van der Waals surface area (Å²) in [5.74, 6) is 0.00857. The Labute approximate surface area is 125 Å². The molecule has 2 aromatic carbocycles. The van der Waals surface area contributed by atoms with E-state index in [1.165, 1.54) is 18.2 Å². The van der Waals surface area contributed by atoms with Crippen LogP contribution < -0.4 is 0 Å². The van der Waals surface area contributed by atoms with Crippen LogP contribution in [0.1, 0.15) is 11.1 Å². The Morgan fingerprint density at radius 3 is 2.16 bits per heavy atom. The van der Waals surface area contributed by atoms with Gasteiger partial charge < -0.3 is 10.2 Å². The van der Waals surface area contributed by atoms with Crippen molar-refractivity contribution in [3.63, 3.8) is 0 Å². The van der Waals surface area contributed by atoms with Crippen LogP contribution in [-0.4, -0.2) is 10.2 Å². The Morgan fingerprint density at radius 1 is 0.895 bits per heavy atom. The predicted octanol–water partition coefficient (Wildman–Crippen LogP) is 5.23. The lowest BCUT2D eigenvalue weighted by Crippen LogP contribution is -1.80. The third-order valence-electron chi connectivity index (χ3n) is 2.50. The molecule has 0 bridgehead atoms. The van der Waals surface area contributed by atoms with Crippen molar-refractivity contribution in [3.05, 3.63) is 56.5 Å². The van der Waals surface area contributed by atoms with E-state index in [1.807, 2.05) is 0 Å². The van der Waals surface area contributed by atoms with E-state index in [-0.39, 0.29) is 16.5 Å². The van der Waals surface area contributed by atoms with Gasteiger partial charge in [-0.2, -0.15) is 0 Å². The fraction of sp³-hybridized carbons (Fsp3) is 0. The number of hydrogen-bond acceptors (Lipinski definition) is 2. The normalized spacial score (nSPS) is 11.1. The second kappa shape index (κ2) is 5.74. The van der Waals surface area contributed by atoms with Gasteiger partial charge in [-0.05, 0) is 23.8 Å². The van der Waals surface area contributed by atoms with E-state index in [2.05, 4.69) is 0 Å². The molecule has 98 valence electrons. The van der Waals surface area contributed by atoms with Crippen LogP contribution >= 0.6 is 34.8 Å². The number of phenolic OH excluding ortho intramolecular Hbond substituents is 2. The molecule has 0 unspecified atom stereocenters. The highest BCUT2D eigenvalue weighted by molar-refractivity contribution is 6.37. The first kappa shape index (κ1) is 14.1. The van der Waals surface area contributed by atoms with Crippen molar-refractivity contribution in [1.82, 2.24) is 0 Å². The number of aromatic hydroxyl groups is 2. The van der Waals surface area contributed by atoms with Crippen LogP contribution in [0.4, 0.5) is 0 Å². The van der Waals surface area contributed by atoms with Crippen molar-refractivity contribution in [1.29, 1.82) is 0 Å². The number of rotatable bonds is 2. The lowest BCUT2D eigenvalue weighted by atomic mass is 10.1. The summed E-state index contributed by atoms with van der Waals surface area (Å²) in [4.78, 5) is 0. The standard InChI is InChI=1S/C14H9Cl3O2/c15-11-6-9(18)7-12(16)10(11)5-4-8-2-1-3-13(19)14(8)17/h1-7,18-19H/b5-4-. The van der Waals surface area contributed by atoms with E-state index in [0.29, 0.717) is 21.2 Å². The van der Waals surface area contributed by atoms with Gasteiger partial charge in [-0.25, -0.2) is 0 Å². The van der Waals surface area contributed by atoms with Gasteiger partial charge in [0, 0.05) is 5.56 Å². The van der Waals surface area contributed by atoms with Crippen LogP contribution in [0, 0.1) is 0 Å². The first-order valence-electron chi connectivity index (χ1n) is 5.32. The Morgan fingerprint density at radius 2 is 1.53 bits per heavy atom. The summed E-state index contributed by atoms with van der Waals surface area (Å²) in [7, 11) is 0. The Balaban J connectivity index is 2.41. The zero-order valence-electron chi connectivity index (χ0n) is 9.57. The Bertz CT molecular complexity index is 628. The maximum absolute atomic E-state index is 9.49. The summed E-state index contributed by atoms with van der Waals surface area (Å²) in [6, 6.07) is 7.73. The summed E-state index contributed by atoms with van der Waals surface area (Å²) < 4.78 is 0. The molecule has 0 aliphatic rings. The molecular weight excluding hydrogens is 307 g/mol. The van der Waals surface area contributed by atoms with Gasteiger partial charge in [0.15, 0.2) is 0 Å².